The molecular formula is C17H15ClFNO. The molecule has 1 N–H and O–H groups in total. The van der Waals surface area contributed by atoms with Crippen LogP contribution in [0.15, 0.2) is 36.4 Å². The fourth-order valence-electron chi connectivity index (χ4n) is 2.61. The molecule has 0 bridgehead atoms. The van der Waals surface area contributed by atoms with E-state index >= 15 is 0 Å². The van der Waals surface area contributed by atoms with Gasteiger partial charge in [0.15, 0.2) is 5.78 Å². The van der Waals surface area contributed by atoms with Gasteiger partial charge in [-0.2, -0.15) is 0 Å². The molecule has 0 saturated heterocycles. The lowest BCUT2D eigenvalue weighted by Crippen LogP contribution is -2.13. The van der Waals surface area contributed by atoms with Crippen LogP contribution in [0, 0.1) is 5.82 Å². The molecule has 1 heterocycles. The molecule has 0 spiro atoms. The highest BCUT2D eigenvalue weighted by atomic mass is 35.5. The molecule has 21 heavy (non-hydrogen) atoms. The molecule has 108 valence electrons. The van der Waals surface area contributed by atoms with Crippen molar-refractivity contribution in [2.24, 2.45) is 0 Å². The Hall–Kier alpha value is -1.87. The number of ketones is 1. The van der Waals surface area contributed by atoms with E-state index in [1.54, 1.807) is 18.2 Å². The van der Waals surface area contributed by atoms with Gasteiger partial charge < -0.3 is 5.32 Å². The van der Waals surface area contributed by atoms with Crippen molar-refractivity contribution in [1.82, 2.24) is 0 Å². The zero-order chi connectivity index (χ0) is 14.8. The first-order chi connectivity index (χ1) is 10.1. The van der Waals surface area contributed by atoms with E-state index in [2.05, 4.69) is 5.32 Å². The van der Waals surface area contributed by atoms with Gasteiger partial charge in [-0.15, -0.1) is 0 Å². The van der Waals surface area contributed by atoms with Crippen molar-refractivity contribution >= 4 is 23.1 Å². The highest BCUT2D eigenvalue weighted by molar-refractivity contribution is 6.30. The number of carbonyl (C=O) groups is 1. The summed E-state index contributed by atoms with van der Waals surface area (Å²) in [6.07, 6.45) is 2.06. The van der Waals surface area contributed by atoms with E-state index in [-0.39, 0.29) is 17.2 Å². The lowest BCUT2D eigenvalue weighted by molar-refractivity contribution is 0.0992. The molecule has 0 fully saturated rings. The number of hydrogen-bond acceptors (Lipinski definition) is 2. The molecule has 2 nitrogen and oxygen atoms in total. The fraction of sp³-hybridized carbons (Fsp3) is 0.235. The normalized spacial score (nSPS) is 13.4. The Bertz CT molecular complexity index is 699. The molecule has 2 aromatic carbocycles. The van der Waals surface area contributed by atoms with E-state index in [1.165, 1.54) is 6.07 Å². The molecule has 0 amide bonds. The molecule has 4 heteroatoms. The summed E-state index contributed by atoms with van der Waals surface area (Å²) in [7, 11) is 0. The molecule has 2 aromatic rings. The lowest BCUT2D eigenvalue weighted by atomic mass is 9.96. The standard InChI is InChI=1S/C17H15ClFNO/c18-14-5-1-3-13(17(14)19)10-16(21)12-6-7-15-11(9-12)4-2-8-20-15/h1,3,5-7,9,20H,2,4,8,10H2. The average molecular weight is 304 g/mol. The van der Waals surface area contributed by atoms with Crippen LogP contribution in [-0.2, 0) is 12.8 Å². The van der Waals surface area contributed by atoms with Crippen LogP contribution in [0.4, 0.5) is 10.1 Å². The van der Waals surface area contributed by atoms with E-state index in [9.17, 15) is 9.18 Å². The Labute approximate surface area is 127 Å². The highest BCUT2D eigenvalue weighted by Gasteiger charge is 2.15. The van der Waals surface area contributed by atoms with E-state index in [1.807, 2.05) is 12.1 Å². The summed E-state index contributed by atoms with van der Waals surface area (Å²) in [5, 5.41) is 3.36. The van der Waals surface area contributed by atoms with Gasteiger partial charge in [0.05, 0.1) is 5.02 Å². The van der Waals surface area contributed by atoms with Gasteiger partial charge in [0.25, 0.3) is 0 Å². The predicted octanol–water partition coefficient (Wildman–Crippen LogP) is 4.26. The van der Waals surface area contributed by atoms with E-state index < -0.39 is 5.82 Å². The third-order valence-corrected chi connectivity index (χ3v) is 4.04. The quantitative estimate of drug-likeness (QED) is 0.858. The third kappa shape index (κ3) is 2.93. The molecule has 3 rings (SSSR count). The minimum Gasteiger partial charge on any atom is -0.385 e. The van der Waals surface area contributed by atoms with Gasteiger partial charge in [-0.25, -0.2) is 4.39 Å². The van der Waals surface area contributed by atoms with Crippen molar-refractivity contribution in [3.8, 4) is 0 Å². The fourth-order valence-corrected chi connectivity index (χ4v) is 2.80. The van der Waals surface area contributed by atoms with Crippen LogP contribution in [-0.4, -0.2) is 12.3 Å². The smallest absolute Gasteiger partial charge is 0.167 e. The molecule has 0 radical (unpaired) electrons. The monoisotopic (exact) mass is 303 g/mol. The molecule has 1 aliphatic rings. The number of benzene rings is 2. The van der Waals surface area contributed by atoms with E-state index in [0.29, 0.717) is 11.1 Å². The topological polar surface area (TPSA) is 29.1 Å². The van der Waals surface area contributed by atoms with Gasteiger partial charge >= 0.3 is 0 Å². The van der Waals surface area contributed by atoms with Gasteiger partial charge in [0.1, 0.15) is 5.82 Å². The number of carbonyl (C=O) groups excluding carboxylic acids is 1. The van der Waals surface area contributed by atoms with Crippen molar-refractivity contribution in [3.63, 3.8) is 0 Å². The molecular weight excluding hydrogens is 289 g/mol. The molecule has 0 atom stereocenters. The molecule has 0 aliphatic carbocycles. The molecule has 1 aliphatic heterocycles. The number of halogens is 2. The minimum absolute atomic E-state index is 0.0264. The Kier molecular flexibility index (Phi) is 3.93. The summed E-state index contributed by atoms with van der Waals surface area (Å²) < 4.78 is 13.9. The van der Waals surface area contributed by atoms with Crippen molar-refractivity contribution in [1.29, 1.82) is 0 Å². The van der Waals surface area contributed by atoms with Gasteiger partial charge in [0, 0.05) is 24.2 Å². The van der Waals surface area contributed by atoms with Crippen LogP contribution in [0.25, 0.3) is 0 Å². The Morgan fingerprint density at radius 1 is 1.29 bits per heavy atom. The van der Waals surface area contributed by atoms with E-state index in [0.717, 1.165) is 30.6 Å². The summed E-state index contributed by atoms with van der Waals surface area (Å²) in [4.78, 5) is 12.3. The zero-order valence-corrected chi connectivity index (χ0v) is 12.2. The Morgan fingerprint density at radius 2 is 2.14 bits per heavy atom. The summed E-state index contributed by atoms with van der Waals surface area (Å²) in [5.41, 5.74) is 3.20. The summed E-state index contributed by atoms with van der Waals surface area (Å²) in [6.45, 7) is 0.966. The highest BCUT2D eigenvalue weighted by Crippen LogP contribution is 2.24. The van der Waals surface area contributed by atoms with Crippen LogP contribution in [0.3, 0.4) is 0 Å². The Balaban J connectivity index is 1.84. The van der Waals surface area contributed by atoms with Crippen molar-refractivity contribution in [2.45, 2.75) is 19.3 Å². The second-order valence-electron chi connectivity index (χ2n) is 5.22. The largest absolute Gasteiger partial charge is 0.385 e. The van der Waals surface area contributed by atoms with Crippen molar-refractivity contribution in [3.05, 3.63) is 63.9 Å². The van der Waals surface area contributed by atoms with Crippen molar-refractivity contribution in [2.75, 3.05) is 11.9 Å². The van der Waals surface area contributed by atoms with Crippen molar-refractivity contribution < 1.29 is 9.18 Å². The van der Waals surface area contributed by atoms with Crippen LogP contribution in [0.2, 0.25) is 5.02 Å². The summed E-state index contributed by atoms with van der Waals surface area (Å²) >= 11 is 5.74. The number of nitrogens with one attached hydrogen (secondary N) is 1. The van der Waals surface area contributed by atoms with Crippen LogP contribution in [0.1, 0.15) is 27.9 Å². The van der Waals surface area contributed by atoms with Gasteiger partial charge in [0.2, 0.25) is 0 Å². The van der Waals surface area contributed by atoms with Crippen LogP contribution < -0.4 is 5.32 Å². The third-order valence-electron chi connectivity index (χ3n) is 3.75. The van der Waals surface area contributed by atoms with Crippen LogP contribution in [0.5, 0.6) is 0 Å². The van der Waals surface area contributed by atoms with Crippen LogP contribution >= 0.6 is 11.6 Å². The van der Waals surface area contributed by atoms with Gasteiger partial charge in [-0.3, -0.25) is 4.79 Å². The van der Waals surface area contributed by atoms with E-state index in [4.69, 9.17) is 11.6 Å². The number of hydrogen-bond donors (Lipinski definition) is 1. The number of anilines is 1. The lowest BCUT2D eigenvalue weighted by Gasteiger charge is -2.18. The predicted molar refractivity (Wildman–Crippen MR) is 82.7 cm³/mol. The number of Topliss-reactive ketones (excluding diaryl/α,β-unsaturated/α-hetero) is 1. The molecule has 0 aromatic heterocycles. The SMILES string of the molecule is O=C(Cc1cccc(Cl)c1F)c1ccc2c(c1)CCCN2. The molecule has 0 unspecified atom stereocenters. The number of aryl methyl sites for hydroxylation is 1. The average Bonchev–Trinajstić information content (AvgIpc) is 2.51. The first-order valence-electron chi connectivity index (χ1n) is 6.98. The second-order valence-corrected chi connectivity index (χ2v) is 5.62. The minimum atomic E-state index is -0.507. The Morgan fingerprint density at radius 3 is 3.00 bits per heavy atom. The first kappa shape index (κ1) is 14.1. The summed E-state index contributed by atoms with van der Waals surface area (Å²) in [5.74, 6) is -0.600. The first-order valence-corrected chi connectivity index (χ1v) is 7.36. The summed E-state index contributed by atoms with van der Waals surface area (Å²) in [6, 6.07) is 10.4. The maximum Gasteiger partial charge on any atom is 0.167 e. The molecule has 0 saturated carbocycles. The van der Waals surface area contributed by atoms with Gasteiger partial charge in [-0.1, -0.05) is 23.7 Å². The number of rotatable bonds is 3. The number of fused-ring (bicyclic) bond motifs is 1. The maximum absolute atomic E-state index is 13.9. The van der Waals surface area contributed by atoms with Gasteiger partial charge in [-0.05, 0) is 48.2 Å². The zero-order valence-electron chi connectivity index (χ0n) is 11.5. The maximum atomic E-state index is 13.9. The second kappa shape index (κ2) is 5.86.